The normalized spacial score (nSPS) is 12.4. The van der Waals surface area contributed by atoms with Crippen LogP contribution in [0.15, 0.2) is 31.4 Å². The van der Waals surface area contributed by atoms with Crippen molar-refractivity contribution in [2.75, 3.05) is 11.9 Å². The van der Waals surface area contributed by atoms with E-state index >= 15 is 0 Å². The van der Waals surface area contributed by atoms with E-state index in [0.29, 0.717) is 6.54 Å². The zero-order valence-electron chi connectivity index (χ0n) is 10.0. The maximum absolute atomic E-state index is 4.26. The first kappa shape index (κ1) is 11.4. The van der Waals surface area contributed by atoms with Gasteiger partial charge in [0.05, 0.1) is 6.04 Å². The fourth-order valence-electron chi connectivity index (χ4n) is 1.72. The molecular formula is C11H16N6. The van der Waals surface area contributed by atoms with E-state index in [1.165, 1.54) is 0 Å². The van der Waals surface area contributed by atoms with Crippen molar-refractivity contribution in [1.29, 1.82) is 0 Å². The average Bonchev–Trinajstić information content (AvgIpc) is 2.94. The number of aromatic nitrogens is 5. The number of anilines is 1. The summed E-state index contributed by atoms with van der Waals surface area (Å²) in [5, 5.41) is 11.2. The van der Waals surface area contributed by atoms with Crippen molar-refractivity contribution in [1.82, 2.24) is 24.3 Å². The quantitative estimate of drug-likeness (QED) is 0.787. The molecule has 0 saturated carbocycles. The fourth-order valence-corrected chi connectivity index (χ4v) is 1.72. The molecule has 90 valence electrons. The Morgan fingerprint density at radius 2 is 2.41 bits per heavy atom. The predicted octanol–water partition coefficient (Wildman–Crippen LogP) is 1.22. The van der Waals surface area contributed by atoms with Crippen molar-refractivity contribution in [3.8, 4) is 0 Å². The van der Waals surface area contributed by atoms with E-state index in [4.69, 9.17) is 0 Å². The van der Waals surface area contributed by atoms with Crippen molar-refractivity contribution in [2.24, 2.45) is 7.05 Å². The second kappa shape index (κ2) is 4.82. The number of nitrogens with one attached hydrogen (secondary N) is 1. The van der Waals surface area contributed by atoms with Gasteiger partial charge in [-0.25, -0.2) is 4.98 Å². The van der Waals surface area contributed by atoms with Gasteiger partial charge >= 0.3 is 0 Å². The van der Waals surface area contributed by atoms with E-state index in [9.17, 15) is 0 Å². The van der Waals surface area contributed by atoms with Crippen LogP contribution in [0, 0.1) is 0 Å². The molecule has 2 aromatic heterocycles. The van der Waals surface area contributed by atoms with Gasteiger partial charge in [-0.2, -0.15) is 0 Å². The fraction of sp³-hybridized carbons (Fsp3) is 0.364. The Kier molecular flexibility index (Phi) is 3.22. The van der Waals surface area contributed by atoms with Crippen molar-refractivity contribution >= 4 is 5.95 Å². The minimum atomic E-state index is 0.0808. The molecule has 0 aliphatic heterocycles. The highest BCUT2D eigenvalue weighted by molar-refractivity contribution is 5.28. The molecule has 6 nitrogen and oxygen atoms in total. The Balaban J connectivity index is 2.25. The van der Waals surface area contributed by atoms with Crippen LogP contribution in [0.1, 0.15) is 18.8 Å². The first-order valence-electron chi connectivity index (χ1n) is 5.45. The largest absolute Gasteiger partial charge is 0.352 e. The first-order chi connectivity index (χ1) is 8.24. The molecule has 2 aromatic rings. The molecule has 0 spiro atoms. The van der Waals surface area contributed by atoms with E-state index in [0.717, 1.165) is 11.8 Å². The third-order valence-electron chi connectivity index (χ3n) is 2.61. The maximum Gasteiger partial charge on any atom is 0.203 e. The van der Waals surface area contributed by atoms with Gasteiger partial charge in [-0.15, -0.1) is 16.8 Å². The van der Waals surface area contributed by atoms with Gasteiger partial charge in [-0.1, -0.05) is 6.08 Å². The van der Waals surface area contributed by atoms with Crippen molar-refractivity contribution < 1.29 is 0 Å². The van der Waals surface area contributed by atoms with Gasteiger partial charge in [0.15, 0.2) is 5.82 Å². The van der Waals surface area contributed by atoms with Crippen LogP contribution in [0.4, 0.5) is 5.95 Å². The Morgan fingerprint density at radius 1 is 1.59 bits per heavy atom. The molecule has 2 rings (SSSR count). The summed E-state index contributed by atoms with van der Waals surface area (Å²) in [6.45, 7) is 6.42. The van der Waals surface area contributed by atoms with E-state index in [1.807, 2.05) is 22.4 Å². The lowest BCUT2D eigenvalue weighted by atomic mass is 10.3. The van der Waals surface area contributed by atoms with Crippen LogP contribution in [0.3, 0.4) is 0 Å². The molecule has 1 N–H and O–H groups in total. The summed E-state index contributed by atoms with van der Waals surface area (Å²) in [5.74, 6) is 1.70. The molecule has 1 unspecified atom stereocenters. The van der Waals surface area contributed by atoms with Crippen molar-refractivity contribution in [2.45, 2.75) is 13.0 Å². The van der Waals surface area contributed by atoms with Crippen LogP contribution in [0.2, 0.25) is 0 Å². The topological polar surface area (TPSA) is 60.6 Å². The molecule has 0 aliphatic carbocycles. The summed E-state index contributed by atoms with van der Waals surface area (Å²) in [5.41, 5.74) is 0. The Bertz CT molecular complexity index is 498. The van der Waals surface area contributed by atoms with E-state index < -0.39 is 0 Å². The molecule has 1 atom stereocenters. The van der Waals surface area contributed by atoms with Gasteiger partial charge < -0.3 is 14.5 Å². The average molecular weight is 232 g/mol. The van der Waals surface area contributed by atoms with Crippen LogP contribution >= 0.6 is 0 Å². The molecule has 0 fully saturated rings. The van der Waals surface area contributed by atoms with Crippen molar-refractivity contribution in [3.63, 3.8) is 0 Å². The number of hydrogen-bond donors (Lipinski definition) is 1. The Hall–Kier alpha value is -2.11. The number of imidazole rings is 1. The lowest BCUT2D eigenvalue weighted by Crippen LogP contribution is -2.15. The lowest BCUT2D eigenvalue weighted by Gasteiger charge is -2.15. The molecule has 0 aromatic carbocycles. The van der Waals surface area contributed by atoms with E-state index in [-0.39, 0.29) is 6.04 Å². The van der Waals surface area contributed by atoms with Crippen LogP contribution in [0.25, 0.3) is 0 Å². The second-order valence-corrected chi connectivity index (χ2v) is 3.80. The highest BCUT2D eigenvalue weighted by Crippen LogP contribution is 2.18. The number of aryl methyl sites for hydroxylation is 1. The smallest absolute Gasteiger partial charge is 0.203 e. The van der Waals surface area contributed by atoms with Gasteiger partial charge in [0.2, 0.25) is 5.95 Å². The van der Waals surface area contributed by atoms with Gasteiger partial charge in [-0.3, -0.25) is 0 Å². The predicted molar refractivity (Wildman–Crippen MR) is 65.7 cm³/mol. The molecule has 17 heavy (non-hydrogen) atoms. The molecule has 2 heterocycles. The summed E-state index contributed by atoms with van der Waals surface area (Å²) in [6, 6.07) is 0.0808. The minimum Gasteiger partial charge on any atom is -0.352 e. The molecule has 0 radical (unpaired) electrons. The summed E-state index contributed by atoms with van der Waals surface area (Å²) in [7, 11) is 1.93. The van der Waals surface area contributed by atoms with Gasteiger partial charge in [-0.05, 0) is 6.92 Å². The van der Waals surface area contributed by atoms with E-state index in [2.05, 4.69) is 34.0 Å². The third kappa shape index (κ3) is 2.20. The molecule has 0 amide bonds. The van der Waals surface area contributed by atoms with Gasteiger partial charge in [0, 0.05) is 26.0 Å². The summed E-state index contributed by atoms with van der Waals surface area (Å²) < 4.78 is 3.93. The maximum atomic E-state index is 4.26. The number of hydrogen-bond acceptors (Lipinski definition) is 4. The van der Waals surface area contributed by atoms with Gasteiger partial charge in [0.25, 0.3) is 0 Å². The lowest BCUT2D eigenvalue weighted by molar-refractivity contribution is 0.578. The minimum absolute atomic E-state index is 0.0808. The Labute approximate surface area is 100 Å². The summed E-state index contributed by atoms with van der Waals surface area (Å²) >= 11 is 0. The first-order valence-corrected chi connectivity index (χ1v) is 5.45. The zero-order chi connectivity index (χ0) is 12.3. The summed E-state index contributed by atoms with van der Waals surface area (Å²) in [6.07, 6.45) is 7.18. The molecule has 0 saturated heterocycles. The molecule has 0 bridgehead atoms. The van der Waals surface area contributed by atoms with Crippen LogP contribution < -0.4 is 5.32 Å². The number of rotatable bonds is 5. The standard InChI is InChI=1S/C11H16N6/c1-4-5-12-11-13-6-7-17(11)9(2)10-15-14-8-16(10)3/h4,6-9H,1,5H2,2-3H3,(H,12,13). The summed E-state index contributed by atoms with van der Waals surface area (Å²) in [4.78, 5) is 4.26. The van der Waals surface area contributed by atoms with Crippen LogP contribution in [-0.2, 0) is 7.05 Å². The third-order valence-corrected chi connectivity index (χ3v) is 2.61. The van der Waals surface area contributed by atoms with Gasteiger partial charge in [0.1, 0.15) is 6.33 Å². The van der Waals surface area contributed by atoms with Crippen molar-refractivity contribution in [3.05, 3.63) is 37.2 Å². The highest BCUT2D eigenvalue weighted by atomic mass is 15.3. The highest BCUT2D eigenvalue weighted by Gasteiger charge is 2.15. The molecule has 0 aliphatic rings. The second-order valence-electron chi connectivity index (χ2n) is 3.80. The van der Waals surface area contributed by atoms with Crippen LogP contribution in [-0.4, -0.2) is 30.9 Å². The monoisotopic (exact) mass is 232 g/mol. The SMILES string of the molecule is C=CCNc1nccn1C(C)c1nncn1C. The number of nitrogens with zero attached hydrogens (tertiary/aromatic N) is 5. The molecular weight excluding hydrogens is 216 g/mol. The van der Waals surface area contributed by atoms with E-state index in [1.54, 1.807) is 18.6 Å². The Morgan fingerprint density at radius 3 is 3.06 bits per heavy atom. The molecule has 6 heteroatoms. The van der Waals surface area contributed by atoms with Crippen LogP contribution in [0.5, 0.6) is 0 Å². The zero-order valence-corrected chi connectivity index (χ0v) is 10.0.